The zero-order chi connectivity index (χ0) is 32.3. The molecule has 2 aromatic carbocycles. The van der Waals surface area contributed by atoms with Gasteiger partial charge in [0.2, 0.25) is 0 Å². The van der Waals surface area contributed by atoms with E-state index in [9.17, 15) is 0 Å². The molecule has 0 aliphatic carbocycles. The fourth-order valence-corrected chi connectivity index (χ4v) is 9.57. The van der Waals surface area contributed by atoms with Gasteiger partial charge in [-0.1, -0.05) is 104 Å². The number of hydrogen-bond donors (Lipinski definition) is 0. The Kier molecular flexibility index (Phi) is 23.3. The maximum atomic E-state index is 6.84. The topological polar surface area (TPSA) is 83.1 Å². The minimum absolute atomic E-state index is 0.0488. The van der Waals surface area contributed by atoms with Crippen LogP contribution in [0.1, 0.15) is 20.8 Å². The van der Waals surface area contributed by atoms with E-state index >= 15 is 0 Å². The van der Waals surface area contributed by atoms with Crippen molar-refractivity contribution in [3.05, 3.63) is 60.7 Å². The summed E-state index contributed by atoms with van der Waals surface area (Å²) in [6.07, 6.45) is 0. The van der Waals surface area contributed by atoms with E-state index in [1.54, 1.807) is 0 Å². The minimum Gasteiger partial charge on any atom is -0.405 e. The lowest BCUT2D eigenvalue weighted by molar-refractivity contribution is -0.0233. The van der Waals surface area contributed by atoms with E-state index in [2.05, 4.69) is 104 Å². The molecule has 0 spiro atoms. The van der Waals surface area contributed by atoms with Gasteiger partial charge in [-0.25, -0.2) is 0 Å². The fraction of sp³-hybridized carbons (Fsp3) is 0.647. The smallest absolute Gasteiger partial charge is 0.261 e. The number of halogens is 1. The molecule has 0 atom stereocenters. The maximum Gasteiger partial charge on any atom is 0.261 e. The standard InChI is InChI=1S/C34H55IO9Si/c1-34(2,3)45(32-10-6-4-7-11-32,33-12-8-5-9-13-33)44-31-30-43-29-28-42-27-26-41-25-24-40-23-22-39-21-20-38-19-18-37-17-16-36-15-14-35/h4-13H,14-31H2,1-3H3. The van der Waals surface area contributed by atoms with Crippen LogP contribution in [0.25, 0.3) is 0 Å². The van der Waals surface area contributed by atoms with Crippen molar-refractivity contribution < 1.29 is 42.3 Å². The van der Waals surface area contributed by atoms with Gasteiger partial charge in [-0.2, -0.15) is 0 Å². The van der Waals surface area contributed by atoms with Crippen molar-refractivity contribution in [2.75, 3.05) is 117 Å². The Hall–Kier alpha value is -0.973. The highest BCUT2D eigenvalue weighted by Gasteiger charge is 2.49. The number of rotatable bonds is 29. The Morgan fingerprint density at radius 3 is 0.956 bits per heavy atom. The summed E-state index contributed by atoms with van der Waals surface area (Å²) >= 11 is 2.28. The molecule has 0 amide bonds. The molecule has 256 valence electrons. The molecule has 11 heteroatoms. The summed E-state index contributed by atoms with van der Waals surface area (Å²) < 4.78 is 52.1. The first-order valence-electron chi connectivity index (χ1n) is 16.0. The second-order valence-corrected chi connectivity index (χ2v) is 16.5. The molecule has 0 aliphatic rings. The van der Waals surface area contributed by atoms with Gasteiger partial charge >= 0.3 is 0 Å². The van der Waals surface area contributed by atoms with Crippen molar-refractivity contribution in [1.29, 1.82) is 0 Å². The molecule has 0 heterocycles. The largest absolute Gasteiger partial charge is 0.405 e. The van der Waals surface area contributed by atoms with Crippen LogP contribution in [0.5, 0.6) is 0 Å². The molecule has 0 saturated heterocycles. The van der Waals surface area contributed by atoms with E-state index in [1.807, 2.05) is 0 Å². The number of alkyl halides is 1. The number of benzene rings is 2. The van der Waals surface area contributed by atoms with Crippen LogP contribution in [0.4, 0.5) is 0 Å². The Morgan fingerprint density at radius 1 is 0.422 bits per heavy atom. The molecule has 2 aromatic rings. The van der Waals surface area contributed by atoms with Crippen molar-refractivity contribution in [1.82, 2.24) is 0 Å². The van der Waals surface area contributed by atoms with Gasteiger partial charge in [0, 0.05) is 4.43 Å². The third kappa shape index (κ3) is 17.1. The lowest BCUT2D eigenvalue weighted by atomic mass is 10.2. The third-order valence-electron chi connectivity index (χ3n) is 6.79. The van der Waals surface area contributed by atoms with Crippen molar-refractivity contribution in [3.63, 3.8) is 0 Å². The van der Waals surface area contributed by atoms with Crippen LogP contribution < -0.4 is 10.4 Å². The quantitative estimate of drug-likeness (QED) is 0.0527. The average Bonchev–Trinajstić information content (AvgIpc) is 3.05. The van der Waals surface area contributed by atoms with Crippen molar-refractivity contribution in [2.45, 2.75) is 25.8 Å². The fourth-order valence-electron chi connectivity index (χ4n) is 4.71. The molecule has 0 radical (unpaired) electrons. The van der Waals surface area contributed by atoms with E-state index in [0.29, 0.717) is 106 Å². The summed E-state index contributed by atoms with van der Waals surface area (Å²) in [6.45, 7) is 16.2. The van der Waals surface area contributed by atoms with Gasteiger partial charge in [-0.05, 0) is 15.4 Å². The number of ether oxygens (including phenoxy) is 8. The summed E-state index contributed by atoms with van der Waals surface area (Å²) in [7, 11) is -2.53. The Bertz CT molecular complexity index is 895. The zero-order valence-electron chi connectivity index (χ0n) is 27.6. The van der Waals surface area contributed by atoms with Crippen LogP contribution in [0.15, 0.2) is 60.7 Å². The van der Waals surface area contributed by atoms with Gasteiger partial charge in [-0.3, -0.25) is 0 Å². The lowest BCUT2D eigenvalue weighted by Crippen LogP contribution is -2.66. The van der Waals surface area contributed by atoms with Gasteiger partial charge in [0.05, 0.1) is 112 Å². The highest BCUT2D eigenvalue weighted by molar-refractivity contribution is 14.1. The molecule has 45 heavy (non-hydrogen) atoms. The Labute approximate surface area is 285 Å². The molecule has 0 fully saturated rings. The van der Waals surface area contributed by atoms with Gasteiger partial charge < -0.3 is 42.3 Å². The van der Waals surface area contributed by atoms with Crippen LogP contribution in [0.2, 0.25) is 5.04 Å². The molecule has 0 saturated carbocycles. The summed E-state index contributed by atoms with van der Waals surface area (Å²) in [6, 6.07) is 21.3. The maximum absolute atomic E-state index is 6.84. The van der Waals surface area contributed by atoms with Crippen LogP contribution in [0, 0.1) is 0 Å². The third-order valence-corrected chi connectivity index (χ3v) is 12.3. The first-order valence-corrected chi connectivity index (χ1v) is 19.4. The monoisotopic (exact) mass is 762 g/mol. The number of hydrogen-bond acceptors (Lipinski definition) is 9. The molecule has 0 bridgehead atoms. The Morgan fingerprint density at radius 2 is 0.689 bits per heavy atom. The predicted octanol–water partition coefficient (Wildman–Crippen LogP) is 4.13. The van der Waals surface area contributed by atoms with Gasteiger partial charge in [0.1, 0.15) is 0 Å². The normalized spacial score (nSPS) is 12.2. The van der Waals surface area contributed by atoms with Crippen LogP contribution in [-0.2, 0) is 42.3 Å². The SMILES string of the molecule is CC(C)(C)[Si](OCCOCCOCCOCCOCCOCCOCCOCCOCCI)(c1ccccc1)c1ccccc1. The van der Waals surface area contributed by atoms with Crippen LogP contribution in [0.3, 0.4) is 0 Å². The highest BCUT2D eigenvalue weighted by Crippen LogP contribution is 2.36. The second kappa shape index (κ2) is 26.0. The summed E-state index contributed by atoms with van der Waals surface area (Å²) in [5, 5.41) is 2.49. The second-order valence-electron chi connectivity index (χ2n) is 11.1. The van der Waals surface area contributed by atoms with E-state index in [4.69, 9.17) is 42.3 Å². The molecule has 2 rings (SSSR count). The summed E-state index contributed by atoms with van der Waals surface area (Å²) in [5.41, 5.74) is 0. The van der Waals surface area contributed by atoms with Crippen LogP contribution >= 0.6 is 22.6 Å². The van der Waals surface area contributed by atoms with E-state index in [-0.39, 0.29) is 5.04 Å². The van der Waals surface area contributed by atoms with E-state index in [1.165, 1.54) is 10.4 Å². The predicted molar refractivity (Wildman–Crippen MR) is 189 cm³/mol. The zero-order valence-corrected chi connectivity index (χ0v) is 30.7. The highest BCUT2D eigenvalue weighted by atomic mass is 127. The molecule has 0 aromatic heterocycles. The first-order chi connectivity index (χ1) is 22.0. The average molecular weight is 763 g/mol. The summed E-state index contributed by atoms with van der Waals surface area (Å²) in [5.74, 6) is 0. The minimum atomic E-state index is -2.53. The first kappa shape index (κ1) is 40.2. The van der Waals surface area contributed by atoms with Gasteiger partial charge in [0.15, 0.2) is 0 Å². The molecule has 0 unspecified atom stereocenters. The van der Waals surface area contributed by atoms with Crippen molar-refractivity contribution in [2.24, 2.45) is 0 Å². The van der Waals surface area contributed by atoms with E-state index in [0.717, 1.165) is 11.0 Å². The molecular weight excluding hydrogens is 707 g/mol. The molecular formula is C34H55IO9Si. The van der Waals surface area contributed by atoms with E-state index < -0.39 is 8.32 Å². The van der Waals surface area contributed by atoms with Crippen LogP contribution in [-0.4, -0.2) is 125 Å². The summed E-state index contributed by atoms with van der Waals surface area (Å²) in [4.78, 5) is 0. The van der Waals surface area contributed by atoms with Gasteiger partial charge in [0.25, 0.3) is 8.32 Å². The Balaban J connectivity index is 1.42. The molecule has 9 nitrogen and oxygen atoms in total. The van der Waals surface area contributed by atoms with Crippen molar-refractivity contribution >= 4 is 41.3 Å². The molecule has 0 N–H and O–H groups in total. The van der Waals surface area contributed by atoms with Crippen molar-refractivity contribution in [3.8, 4) is 0 Å². The van der Waals surface area contributed by atoms with Gasteiger partial charge in [-0.15, -0.1) is 0 Å². The molecule has 0 aliphatic heterocycles. The lowest BCUT2D eigenvalue weighted by Gasteiger charge is -2.43.